The molecule has 10 heteroatoms. The van der Waals surface area contributed by atoms with E-state index in [4.69, 9.17) is 41.1 Å². The van der Waals surface area contributed by atoms with Crippen molar-refractivity contribution >= 4 is 41.3 Å². The molecule has 1 saturated carbocycles. The van der Waals surface area contributed by atoms with Gasteiger partial charge in [-0.25, -0.2) is 4.98 Å². The van der Waals surface area contributed by atoms with E-state index in [0.29, 0.717) is 40.2 Å². The van der Waals surface area contributed by atoms with Crippen molar-refractivity contribution < 1.29 is 29.6 Å². The third-order valence-corrected chi connectivity index (χ3v) is 8.00. The van der Waals surface area contributed by atoms with E-state index in [1.165, 1.54) is 24.1 Å². The Morgan fingerprint density at radius 1 is 1.10 bits per heavy atom. The number of aliphatic hydroxyl groups excluding tert-OH is 1. The number of imidazole rings is 1. The molecule has 0 bridgehead atoms. The van der Waals surface area contributed by atoms with E-state index in [9.17, 15) is 5.11 Å². The number of halogens is 1. The molecule has 9 nitrogen and oxygen atoms in total. The highest BCUT2D eigenvalue weighted by Crippen LogP contribution is 2.42. The van der Waals surface area contributed by atoms with Crippen LogP contribution in [0, 0.1) is 5.92 Å². The zero-order chi connectivity index (χ0) is 28.7. The van der Waals surface area contributed by atoms with Gasteiger partial charge in [-0.05, 0) is 74.4 Å². The topological polar surface area (TPSA) is 125 Å². The minimum absolute atomic E-state index is 0.250. The molecule has 212 valence electrons. The highest BCUT2D eigenvalue weighted by Gasteiger charge is 2.31. The summed E-state index contributed by atoms with van der Waals surface area (Å²) in [6, 6.07) is 10.7. The summed E-state index contributed by atoms with van der Waals surface area (Å²) in [4.78, 5) is 24.2. The van der Waals surface area contributed by atoms with E-state index in [2.05, 4.69) is 42.5 Å². The lowest BCUT2D eigenvalue weighted by Gasteiger charge is -2.34. The van der Waals surface area contributed by atoms with Gasteiger partial charge in [-0.2, -0.15) is 0 Å². The van der Waals surface area contributed by atoms with Crippen LogP contribution in [0.4, 0.5) is 5.69 Å². The Morgan fingerprint density at radius 3 is 2.44 bits per heavy atom. The maximum Gasteiger partial charge on any atom is 0.290 e. The van der Waals surface area contributed by atoms with Crippen molar-refractivity contribution in [3.63, 3.8) is 0 Å². The first-order valence-corrected chi connectivity index (χ1v) is 13.5. The molecule has 39 heavy (non-hydrogen) atoms. The van der Waals surface area contributed by atoms with Gasteiger partial charge in [0.25, 0.3) is 12.9 Å². The van der Waals surface area contributed by atoms with Gasteiger partial charge in [0.2, 0.25) is 0 Å². The van der Waals surface area contributed by atoms with Gasteiger partial charge in [-0.15, -0.1) is 0 Å². The molecule has 0 amide bonds. The second-order valence-electron chi connectivity index (χ2n) is 10.2. The third-order valence-electron chi connectivity index (χ3n) is 7.79. The number of fused-ring (bicyclic) bond motifs is 3. The number of carbonyl (C=O) groups is 2. The van der Waals surface area contributed by atoms with E-state index >= 15 is 0 Å². The SMILES string of the molecule is COc1cc(Cl)cc(C(O)c2nc3c4c(ccc3n2C2CCCC(C)C2)N(C)C(C)CC4)c1.O=CO.O=CO. The summed E-state index contributed by atoms with van der Waals surface area (Å²) in [5, 5.41) is 25.9. The van der Waals surface area contributed by atoms with Crippen LogP contribution in [0.15, 0.2) is 30.3 Å². The lowest BCUT2D eigenvalue weighted by Crippen LogP contribution is -2.33. The van der Waals surface area contributed by atoms with Gasteiger partial charge in [0.05, 0.1) is 18.1 Å². The fourth-order valence-corrected chi connectivity index (χ4v) is 6.04. The molecule has 0 saturated heterocycles. The average Bonchev–Trinajstić information content (AvgIpc) is 3.31. The fourth-order valence-electron chi connectivity index (χ4n) is 5.81. The molecule has 1 aliphatic carbocycles. The quantitative estimate of drug-likeness (QED) is 0.347. The van der Waals surface area contributed by atoms with Crippen molar-refractivity contribution in [2.75, 3.05) is 19.1 Å². The van der Waals surface area contributed by atoms with Crippen molar-refractivity contribution in [3.05, 3.63) is 52.3 Å². The van der Waals surface area contributed by atoms with Crippen LogP contribution in [0.5, 0.6) is 5.75 Å². The van der Waals surface area contributed by atoms with Crippen molar-refractivity contribution in [3.8, 4) is 5.75 Å². The number of hydrogen-bond acceptors (Lipinski definition) is 6. The molecule has 0 spiro atoms. The van der Waals surface area contributed by atoms with Crippen LogP contribution in [0.1, 0.15) is 75.0 Å². The van der Waals surface area contributed by atoms with Gasteiger partial charge in [0.15, 0.2) is 0 Å². The second kappa shape index (κ2) is 13.7. The first kappa shape index (κ1) is 30.2. The number of carboxylic acid groups (broad SMARTS) is 2. The fraction of sp³-hybridized carbons (Fsp3) is 0.483. The molecule has 3 aromatic rings. The van der Waals surface area contributed by atoms with Crippen molar-refractivity contribution in [2.24, 2.45) is 5.92 Å². The molecule has 3 N–H and O–H groups in total. The number of hydrogen-bond donors (Lipinski definition) is 3. The van der Waals surface area contributed by atoms with E-state index < -0.39 is 6.10 Å². The van der Waals surface area contributed by atoms with E-state index in [0.717, 1.165) is 36.7 Å². The van der Waals surface area contributed by atoms with E-state index in [1.807, 2.05) is 12.1 Å². The molecule has 4 unspecified atom stereocenters. The normalized spacial score (nSPS) is 21.0. The van der Waals surface area contributed by atoms with Crippen LogP contribution in [0.3, 0.4) is 0 Å². The van der Waals surface area contributed by atoms with Gasteiger partial charge in [-0.3, -0.25) is 9.59 Å². The Kier molecular flexibility index (Phi) is 10.6. The lowest BCUT2D eigenvalue weighted by atomic mass is 9.86. The molecule has 0 radical (unpaired) electrons. The molecular weight excluding hydrogens is 522 g/mol. The molecule has 1 aliphatic heterocycles. The smallest absolute Gasteiger partial charge is 0.290 e. The Hall–Kier alpha value is -3.30. The highest BCUT2D eigenvalue weighted by molar-refractivity contribution is 6.30. The van der Waals surface area contributed by atoms with E-state index in [1.54, 1.807) is 13.2 Å². The third kappa shape index (κ3) is 6.65. The molecule has 1 fully saturated rings. The summed E-state index contributed by atoms with van der Waals surface area (Å²) in [5.74, 6) is 2.02. The summed E-state index contributed by atoms with van der Waals surface area (Å²) in [6.45, 7) is 4.11. The summed E-state index contributed by atoms with van der Waals surface area (Å²) >= 11 is 6.35. The first-order chi connectivity index (χ1) is 18.7. The summed E-state index contributed by atoms with van der Waals surface area (Å²) in [7, 11) is 3.78. The average molecular weight is 560 g/mol. The summed E-state index contributed by atoms with van der Waals surface area (Å²) in [5.41, 5.74) is 5.44. The van der Waals surface area contributed by atoms with Crippen LogP contribution in [0.25, 0.3) is 11.0 Å². The number of nitrogens with zero attached hydrogens (tertiary/aromatic N) is 3. The van der Waals surface area contributed by atoms with Crippen molar-refractivity contribution in [2.45, 2.75) is 70.6 Å². The van der Waals surface area contributed by atoms with E-state index in [-0.39, 0.29) is 12.9 Å². The monoisotopic (exact) mass is 559 g/mol. The molecule has 5 rings (SSSR count). The molecule has 2 heterocycles. The molecule has 2 aliphatic rings. The number of aryl methyl sites for hydroxylation is 1. The van der Waals surface area contributed by atoms with Gasteiger partial charge in [0, 0.05) is 35.4 Å². The lowest BCUT2D eigenvalue weighted by molar-refractivity contribution is -0.123. The Labute approximate surface area is 234 Å². The Bertz CT molecular complexity index is 1270. The largest absolute Gasteiger partial charge is 0.497 e. The van der Waals surface area contributed by atoms with Crippen LogP contribution in [-0.4, -0.2) is 58.0 Å². The molecule has 4 atom stereocenters. The van der Waals surface area contributed by atoms with Crippen LogP contribution in [0.2, 0.25) is 5.02 Å². The van der Waals surface area contributed by atoms with Gasteiger partial charge in [-0.1, -0.05) is 31.4 Å². The zero-order valence-corrected chi connectivity index (χ0v) is 23.6. The first-order valence-electron chi connectivity index (χ1n) is 13.1. The number of ether oxygens (including phenoxy) is 1. The predicted molar refractivity (Wildman–Crippen MR) is 152 cm³/mol. The van der Waals surface area contributed by atoms with Crippen LogP contribution >= 0.6 is 11.6 Å². The number of aliphatic hydroxyl groups is 1. The minimum atomic E-state index is -0.877. The summed E-state index contributed by atoms with van der Waals surface area (Å²) in [6.07, 6.45) is 5.94. The minimum Gasteiger partial charge on any atom is -0.497 e. The molecule has 2 aromatic carbocycles. The second-order valence-corrected chi connectivity index (χ2v) is 10.7. The van der Waals surface area contributed by atoms with Gasteiger partial charge in [0.1, 0.15) is 17.7 Å². The van der Waals surface area contributed by atoms with Crippen molar-refractivity contribution in [1.82, 2.24) is 9.55 Å². The maximum atomic E-state index is 11.6. The Morgan fingerprint density at radius 2 is 1.79 bits per heavy atom. The molecular formula is C29H38ClN3O6. The van der Waals surface area contributed by atoms with Gasteiger partial charge < -0.3 is 29.5 Å². The van der Waals surface area contributed by atoms with Crippen molar-refractivity contribution in [1.29, 1.82) is 0 Å². The zero-order valence-electron chi connectivity index (χ0n) is 22.9. The standard InChI is InChI=1S/C27H34ClN3O2.2CH2O2/c1-16-6-5-7-20(12-16)31-24-11-10-23-22(9-8-17(2)30(23)3)25(24)29-27(31)26(32)18-13-19(28)15-21(14-18)33-4;2*2-1-3/h10-11,13-17,20,26,32H,5-9,12H2,1-4H3;2*1H,(H,2,3). The van der Waals surface area contributed by atoms with Crippen LogP contribution in [-0.2, 0) is 16.0 Å². The summed E-state index contributed by atoms with van der Waals surface area (Å²) < 4.78 is 7.74. The molecule has 1 aromatic heterocycles. The number of methoxy groups -OCH3 is 1. The predicted octanol–water partition coefficient (Wildman–Crippen LogP) is 5.70. The number of rotatable bonds is 4. The Balaban J connectivity index is 0.000000643. The maximum absolute atomic E-state index is 11.6. The van der Waals surface area contributed by atoms with Crippen LogP contribution < -0.4 is 9.64 Å². The van der Waals surface area contributed by atoms with Gasteiger partial charge >= 0.3 is 0 Å². The highest BCUT2D eigenvalue weighted by atomic mass is 35.5. The number of benzene rings is 2. The number of aromatic nitrogens is 2. The number of anilines is 1.